The Hall–Kier alpha value is -0.860. The summed E-state index contributed by atoms with van der Waals surface area (Å²) < 4.78 is 0. The summed E-state index contributed by atoms with van der Waals surface area (Å²) in [6.07, 6.45) is 0.621. The van der Waals surface area contributed by atoms with E-state index in [0.717, 1.165) is 12.0 Å². The summed E-state index contributed by atoms with van der Waals surface area (Å²) in [4.78, 5) is 2.26. The highest BCUT2D eigenvalue weighted by atomic mass is 16.3. The Kier molecular flexibility index (Phi) is 4.94. The van der Waals surface area contributed by atoms with E-state index in [-0.39, 0.29) is 11.6 Å². The van der Waals surface area contributed by atoms with Crippen LogP contribution in [0.1, 0.15) is 51.3 Å². The number of hydrogen-bond donors (Lipinski definition) is 1. The zero-order valence-corrected chi connectivity index (χ0v) is 12.6. The van der Waals surface area contributed by atoms with E-state index >= 15 is 0 Å². The van der Waals surface area contributed by atoms with Gasteiger partial charge >= 0.3 is 0 Å². The molecular weight excluding hydrogens is 222 g/mol. The summed E-state index contributed by atoms with van der Waals surface area (Å²) in [7, 11) is 2.09. The lowest BCUT2D eigenvalue weighted by Gasteiger charge is -2.41. The second kappa shape index (κ2) is 5.85. The normalized spacial score (nSPS) is 15.8. The van der Waals surface area contributed by atoms with Gasteiger partial charge in [-0.15, -0.1) is 0 Å². The molecule has 0 saturated carbocycles. The van der Waals surface area contributed by atoms with Crippen LogP contribution < -0.4 is 0 Å². The SMILES string of the molecule is CCC(C)(C)N(C)C(C)C(O)c1ccc(C)cc1. The lowest BCUT2D eigenvalue weighted by Crippen LogP contribution is -2.48. The van der Waals surface area contributed by atoms with E-state index in [1.54, 1.807) is 0 Å². The maximum atomic E-state index is 10.5. The van der Waals surface area contributed by atoms with Gasteiger partial charge in [0.2, 0.25) is 0 Å². The van der Waals surface area contributed by atoms with Gasteiger partial charge in [-0.2, -0.15) is 0 Å². The smallest absolute Gasteiger partial charge is 0.0942 e. The van der Waals surface area contributed by atoms with Gasteiger partial charge in [-0.3, -0.25) is 4.90 Å². The Balaban J connectivity index is 2.83. The molecule has 0 amide bonds. The highest BCUT2D eigenvalue weighted by molar-refractivity contribution is 5.24. The van der Waals surface area contributed by atoms with Gasteiger partial charge < -0.3 is 5.11 Å². The minimum atomic E-state index is -0.443. The predicted molar refractivity (Wildman–Crippen MR) is 77.7 cm³/mol. The second-order valence-corrected chi connectivity index (χ2v) is 5.87. The van der Waals surface area contributed by atoms with Crippen molar-refractivity contribution in [1.29, 1.82) is 0 Å². The molecule has 0 aromatic heterocycles. The van der Waals surface area contributed by atoms with E-state index in [1.165, 1.54) is 5.56 Å². The highest BCUT2D eigenvalue weighted by Crippen LogP contribution is 2.27. The van der Waals surface area contributed by atoms with E-state index in [2.05, 4.69) is 58.7 Å². The van der Waals surface area contributed by atoms with Crippen molar-refractivity contribution in [3.05, 3.63) is 35.4 Å². The molecule has 0 radical (unpaired) electrons. The fourth-order valence-electron chi connectivity index (χ4n) is 2.05. The first kappa shape index (κ1) is 15.2. The van der Waals surface area contributed by atoms with Gasteiger partial charge in [0, 0.05) is 11.6 Å². The lowest BCUT2D eigenvalue weighted by molar-refractivity contribution is 0.0166. The monoisotopic (exact) mass is 249 g/mol. The van der Waals surface area contributed by atoms with Crippen molar-refractivity contribution in [2.45, 2.75) is 58.7 Å². The maximum absolute atomic E-state index is 10.5. The van der Waals surface area contributed by atoms with Gasteiger partial charge in [0.15, 0.2) is 0 Å². The number of aliphatic hydroxyl groups is 1. The molecule has 0 aliphatic heterocycles. The molecule has 0 spiro atoms. The third-order valence-electron chi connectivity index (χ3n) is 4.31. The first-order chi connectivity index (χ1) is 8.29. The fraction of sp³-hybridized carbons (Fsp3) is 0.625. The van der Waals surface area contributed by atoms with Crippen molar-refractivity contribution in [1.82, 2.24) is 4.90 Å². The molecule has 2 nitrogen and oxygen atoms in total. The van der Waals surface area contributed by atoms with Crippen LogP contribution in [0.5, 0.6) is 0 Å². The Morgan fingerprint density at radius 1 is 1.22 bits per heavy atom. The largest absolute Gasteiger partial charge is 0.387 e. The van der Waals surface area contributed by atoms with Gasteiger partial charge in [-0.25, -0.2) is 0 Å². The van der Waals surface area contributed by atoms with Gasteiger partial charge in [-0.1, -0.05) is 36.8 Å². The van der Waals surface area contributed by atoms with Crippen molar-refractivity contribution in [2.24, 2.45) is 0 Å². The molecule has 0 fully saturated rings. The predicted octanol–water partition coefficient (Wildman–Crippen LogP) is 3.54. The number of aliphatic hydroxyl groups excluding tert-OH is 1. The second-order valence-electron chi connectivity index (χ2n) is 5.87. The molecule has 0 saturated heterocycles. The quantitative estimate of drug-likeness (QED) is 0.863. The van der Waals surface area contributed by atoms with Crippen molar-refractivity contribution in [2.75, 3.05) is 7.05 Å². The van der Waals surface area contributed by atoms with Crippen molar-refractivity contribution in [3.8, 4) is 0 Å². The topological polar surface area (TPSA) is 23.5 Å². The molecule has 18 heavy (non-hydrogen) atoms. The van der Waals surface area contributed by atoms with Crippen LogP contribution in [0.4, 0.5) is 0 Å². The Labute approximate surface area is 112 Å². The molecule has 2 atom stereocenters. The van der Waals surface area contributed by atoms with Crippen LogP contribution in [0.3, 0.4) is 0 Å². The minimum Gasteiger partial charge on any atom is -0.387 e. The molecular formula is C16H27NO. The maximum Gasteiger partial charge on any atom is 0.0942 e. The third kappa shape index (κ3) is 3.33. The average molecular weight is 249 g/mol. The zero-order valence-electron chi connectivity index (χ0n) is 12.6. The van der Waals surface area contributed by atoms with Crippen molar-refractivity contribution < 1.29 is 5.11 Å². The van der Waals surface area contributed by atoms with Crippen LogP contribution in [0, 0.1) is 6.92 Å². The van der Waals surface area contributed by atoms with Gasteiger partial charge in [-0.05, 0) is 46.7 Å². The van der Waals surface area contributed by atoms with Crippen LogP contribution in [-0.2, 0) is 0 Å². The molecule has 2 heteroatoms. The number of nitrogens with zero attached hydrogens (tertiary/aromatic N) is 1. The first-order valence-electron chi connectivity index (χ1n) is 6.77. The van der Waals surface area contributed by atoms with Crippen LogP contribution in [0.15, 0.2) is 24.3 Å². The van der Waals surface area contributed by atoms with Crippen LogP contribution in [0.2, 0.25) is 0 Å². The number of rotatable bonds is 5. The van der Waals surface area contributed by atoms with Gasteiger partial charge in [0.25, 0.3) is 0 Å². The summed E-state index contributed by atoms with van der Waals surface area (Å²) in [6.45, 7) is 10.8. The molecule has 102 valence electrons. The minimum absolute atomic E-state index is 0.0997. The van der Waals surface area contributed by atoms with Crippen LogP contribution in [-0.4, -0.2) is 28.6 Å². The summed E-state index contributed by atoms with van der Waals surface area (Å²) in [5.41, 5.74) is 2.32. The number of benzene rings is 1. The lowest BCUT2D eigenvalue weighted by atomic mass is 9.94. The van der Waals surface area contributed by atoms with Gasteiger partial charge in [0.05, 0.1) is 6.10 Å². The van der Waals surface area contributed by atoms with E-state index in [1.807, 2.05) is 12.1 Å². The standard InChI is InChI=1S/C16H27NO/c1-7-16(4,5)17(6)13(3)15(18)14-10-8-12(2)9-11-14/h8-11,13,15,18H,7H2,1-6H3. The molecule has 0 bridgehead atoms. The number of aryl methyl sites for hydroxylation is 1. The van der Waals surface area contributed by atoms with Crippen LogP contribution >= 0.6 is 0 Å². The Bertz CT molecular complexity index is 369. The van der Waals surface area contributed by atoms with Crippen molar-refractivity contribution in [3.63, 3.8) is 0 Å². The molecule has 0 heterocycles. The van der Waals surface area contributed by atoms with Gasteiger partial charge in [0.1, 0.15) is 0 Å². The van der Waals surface area contributed by atoms with E-state index < -0.39 is 6.10 Å². The number of hydrogen-bond acceptors (Lipinski definition) is 2. The summed E-state index contributed by atoms with van der Waals surface area (Å²) >= 11 is 0. The average Bonchev–Trinajstić information content (AvgIpc) is 2.37. The van der Waals surface area contributed by atoms with Crippen LogP contribution in [0.25, 0.3) is 0 Å². The molecule has 1 rings (SSSR count). The Morgan fingerprint density at radius 3 is 2.17 bits per heavy atom. The molecule has 0 aliphatic carbocycles. The molecule has 1 aromatic rings. The summed E-state index contributed by atoms with van der Waals surface area (Å²) in [5, 5.41) is 10.5. The number of likely N-dealkylation sites (N-methyl/N-ethyl adjacent to an activating group) is 1. The van der Waals surface area contributed by atoms with Crippen molar-refractivity contribution >= 4 is 0 Å². The fourth-order valence-corrected chi connectivity index (χ4v) is 2.05. The highest BCUT2D eigenvalue weighted by Gasteiger charge is 2.29. The molecule has 2 unspecified atom stereocenters. The third-order valence-corrected chi connectivity index (χ3v) is 4.31. The van der Waals surface area contributed by atoms with E-state index in [0.29, 0.717) is 0 Å². The van der Waals surface area contributed by atoms with E-state index in [4.69, 9.17) is 0 Å². The summed E-state index contributed by atoms with van der Waals surface area (Å²) in [6, 6.07) is 8.24. The molecule has 0 aliphatic rings. The Morgan fingerprint density at radius 2 is 1.72 bits per heavy atom. The molecule has 1 N–H and O–H groups in total. The molecule has 1 aromatic carbocycles. The zero-order chi connectivity index (χ0) is 13.9. The van der Waals surface area contributed by atoms with E-state index in [9.17, 15) is 5.11 Å². The first-order valence-corrected chi connectivity index (χ1v) is 6.77. The summed E-state index contributed by atoms with van der Waals surface area (Å²) in [5.74, 6) is 0.